The van der Waals surface area contributed by atoms with Crippen LogP contribution < -0.4 is 0 Å². The molecule has 0 aliphatic heterocycles. The van der Waals surface area contributed by atoms with Crippen molar-refractivity contribution in [2.75, 3.05) is 20.8 Å². The summed E-state index contributed by atoms with van der Waals surface area (Å²) in [5.41, 5.74) is -0.957. The highest BCUT2D eigenvalue weighted by Gasteiger charge is 2.39. The molecule has 0 amide bonds. The molecule has 1 unspecified atom stereocenters. The molecule has 0 aromatic rings. The lowest BCUT2D eigenvalue weighted by Gasteiger charge is -2.34. The molecule has 0 saturated carbocycles. The van der Waals surface area contributed by atoms with E-state index in [1.165, 1.54) is 14.0 Å². The average molecular weight is 253 g/mol. The van der Waals surface area contributed by atoms with Gasteiger partial charge in [-0.2, -0.15) is 4.31 Å². The minimum absolute atomic E-state index is 0.337. The molecule has 16 heavy (non-hydrogen) atoms. The smallest absolute Gasteiger partial charge is 0.325 e. The molecule has 0 heterocycles. The Kier molecular flexibility index (Phi) is 4.90. The molecule has 0 fully saturated rings. The number of sulfonamides is 1. The van der Waals surface area contributed by atoms with E-state index in [0.29, 0.717) is 0 Å². The Morgan fingerprint density at radius 2 is 1.94 bits per heavy atom. The zero-order valence-corrected chi connectivity index (χ0v) is 11.0. The number of rotatable bonds is 5. The van der Waals surface area contributed by atoms with E-state index in [0.717, 1.165) is 11.4 Å². The van der Waals surface area contributed by atoms with E-state index in [1.807, 2.05) is 0 Å². The van der Waals surface area contributed by atoms with Gasteiger partial charge in [0.2, 0.25) is 10.0 Å². The summed E-state index contributed by atoms with van der Waals surface area (Å²) >= 11 is 0. The van der Waals surface area contributed by atoms with Crippen LogP contribution >= 0.6 is 0 Å². The largest absolute Gasteiger partial charge is 0.468 e. The molecule has 0 radical (unpaired) electrons. The van der Waals surface area contributed by atoms with Crippen LogP contribution in [0.4, 0.5) is 0 Å². The van der Waals surface area contributed by atoms with Gasteiger partial charge < -0.3 is 9.84 Å². The predicted octanol–water partition coefficient (Wildman–Crippen LogP) is -0.420. The van der Waals surface area contributed by atoms with Gasteiger partial charge >= 0.3 is 5.97 Å². The van der Waals surface area contributed by atoms with Crippen LogP contribution in [-0.4, -0.2) is 55.4 Å². The molecule has 0 aliphatic carbocycles. The normalized spacial score (nSPS) is 14.9. The summed E-state index contributed by atoms with van der Waals surface area (Å²) in [6, 6.07) is 0. The van der Waals surface area contributed by atoms with Gasteiger partial charge in [-0.25, -0.2) is 8.42 Å². The molecule has 0 saturated heterocycles. The SMILES string of the molecule is COC(=O)C(C)S(=O)(=O)N(C)C(C)(C)CO. The van der Waals surface area contributed by atoms with E-state index in [1.54, 1.807) is 13.8 Å². The topological polar surface area (TPSA) is 83.9 Å². The van der Waals surface area contributed by atoms with Crippen LogP contribution in [-0.2, 0) is 19.6 Å². The second-order valence-electron chi connectivity index (χ2n) is 4.15. The van der Waals surface area contributed by atoms with Gasteiger partial charge in [0.05, 0.1) is 19.3 Å². The molecule has 0 aromatic carbocycles. The van der Waals surface area contributed by atoms with E-state index >= 15 is 0 Å². The van der Waals surface area contributed by atoms with Crippen molar-refractivity contribution in [2.24, 2.45) is 0 Å². The highest BCUT2D eigenvalue weighted by Crippen LogP contribution is 2.19. The van der Waals surface area contributed by atoms with Crippen LogP contribution in [0.5, 0.6) is 0 Å². The van der Waals surface area contributed by atoms with Gasteiger partial charge in [0.25, 0.3) is 0 Å². The number of hydrogen-bond acceptors (Lipinski definition) is 5. The lowest BCUT2D eigenvalue weighted by Crippen LogP contribution is -2.51. The molecule has 7 heteroatoms. The van der Waals surface area contributed by atoms with Crippen molar-refractivity contribution in [3.8, 4) is 0 Å². The summed E-state index contributed by atoms with van der Waals surface area (Å²) in [6.45, 7) is 4.05. The Balaban J connectivity index is 5.15. The molecule has 0 rings (SSSR count). The third-order valence-corrected chi connectivity index (χ3v) is 4.94. The lowest BCUT2D eigenvalue weighted by molar-refractivity contribution is -0.139. The predicted molar refractivity (Wildman–Crippen MR) is 59.3 cm³/mol. The van der Waals surface area contributed by atoms with E-state index < -0.39 is 26.8 Å². The molecule has 96 valence electrons. The van der Waals surface area contributed by atoms with E-state index in [2.05, 4.69) is 4.74 Å². The van der Waals surface area contributed by atoms with Crippen molar-refractivity contribution in [2.45, 2.75) is 31.6 Å². The Labute approximate surface area is 96.2 Å². The fourth-order valence-corrected chi connectivity index (χ4v) is 2.53. The Hall–Kier alpha value is -0.660. The average Bonchev–Trinajstić information content (AvgIpc) is 2.25. The number of aliphatic hydroxyl groups is 1. The van der Waals surface area contributed by atoms with Crippen molar-refractivity contribution in [1.82, 2.24) is 4.31 Å². The van der Waals surface area contributed by atoms with Crippen molar-refractivity contribution < 1.29 is 23.1 Å². The molecule has 1 atom stereocenters. The zero-order valence-electron chi connectivity index (χ0n) is 10.2. The zero-order chi connectivity index (χ0) is 13.1. The number of hydrogen-bond donors (Lipinski definition) is 1. The first-order valence-electron chi connectivity index (χ1n) is 4.77. The van der Waals surface area contributed by atoms with Gasteiger partial charge in [-0.05, 0) is 20.8 Å². The molecular weight excluding hydrogens is 234 g/mol. The second kappa shape index (κ2) is 5.11. The first-order valence-corrected chi connectivity index (χ1v) is 6.28. The number of esters is 1. The van der Waals surface area contributed by atoms with Crippen molar-refractivity contribution in [1.29, 1.82) is 0 Å². The van der Waals surface area contributed by atoms with Gasteiger partial charge in [-0.3, -0.25) is 4.79 Å². The van der Waals surface area contributed by atoms with Crippen LogP contribution in [0, 0.1) is 0 Å². The lowest BCUT2D eigenvalue weighted by atomic mass is 10.1. The number of aliphatic hydroxyl groups excluding tert-OH is 1. The number of methoxy groups -OCH3 is 1. The first kappa shape index (κ1) is 15.3. The maximum atomic E-state index is 12.0. The fourth-order valence-electron chi connectivity index (χ4n) is 0.969. The third-order valence-electron chi connectivity index (χ3n) is 2.60. The summed E-state index contributed by atoms with van der Waals surface area (Å²) < 4.78 is 29.3. The minimum atomic E-state index is -3.82. The number of likely N-dealkylation sites (N-methyl/N-ethyl adjacent to an activating group) is 1. The minimum Gasteiger partial charge on any atom is -0.468 e. The number of ether oxygens (including phenoxy) is 1. The van der Waals surface area contributed by atoms with E-state index in [-0.39, 0.29) is 6.61 Å². The summed E-state index contributed by atoms with van der Waals surface area (Å²) in [5, 5.41) is 7.80. The van der Waals surface area contributed by atoms with Crippen LogP contribution in [0.1, 0.15) is 20.8 Å². The Bertz CT molecular complexity index is 349. The van der Waals surface area contributed by atoms with Gasteiger partial charge in [-0.15, -0.1) is 0 Å². The third kappa shape index (κ3) is 2.93. The van der Waals surface area contributed by atoms with Crippen LogP contribution in [0.2, 0.25) is 0 Å². The van der Waals surface area contributed by atoms with Crippen molar-refractivity contribution in [3.05, 3.63) is 0 Å². The van der Waals surface area contributed by atoms with Gasteiger partial charge in [0.1, 0.15) is 0 Å². The second-order valence-corrected chi connectivity index (χ2v) is 6.43. The number of carbonyl (C=O) groups excluding carboxylic acids is 1. The Morgan fingerprint density at radius 1 is 1.50 bits per heavy atom. The molecule has 0 aromatic heterocycles. The van der Waals surface area contributed by atoms with Crippen LogP contribution in [0.25, 0.3) is 0 Å². The maximum Gasteiger partial charge on any atom is 0.325 e. The molecule has 6 nitrogen and oxygen atoms in total. The molecule has 1 N–H and O–H groups in total. The van der Waals surface area contributed by atoms with E-state index in [9.17, 15) is 13.2 Å². The summed E-state index contributed by atoms with van der Waals surface area (Å²) in [5.74, 6) is -0.819. The highest BCUT2D eigenvalue weighted by atomic mass is 32.2. The standard InChI is InChI=1S/C9H19NO5S/c1-7(8(12)15-5)16(13,14)10(4)9(2,3)6-11/h7,11H,6H2,1-5H3. The number of nitrogens with zero attached hydrogens (tertiary/aromatic N) is 1. The maximum absolute atomic E-state index is 12.0. The molecule has 0 spiro atoms. The van der Waals surface area contributed by atoms with Crippen molar-refractivity contribution in [3.63, 3.8) is 0 Å². The summed E-state index contributed by atoms with van der Waals surface area (Å²) in [4.78, 5) is 11.2. The van der Waals surface area contributed by atoms with Gasteiger partial charge in [0.15, 0.2) is 5.25 Å². The quantitative estimate of drug-likeness (QED) is 0.673. The fraction of sp³-hybridized carbons (Fsp3) is 0.889. The molecule has 0 aliphatic rings. The van der Waals surface area contributed by atoms with Crippen LogP contribution in [0.15, 0.2) is 0 Å². The van der Waals surface area contributed by atoms with Gasteiger partial charge in [0, 0.05) is 7.05 Å². The van der Waals surface area contributed by atoms with E-state index in [4.69, 9.17) is 5.11 Å². The first-order chi connectivity index (χ1) is 7.11. The molecule has 0 bridgehead atoms. The van der Waals surface area contributed by atoms with Crippen molar-refractivity contribution >= 4 is 16.0 Å². The summed E-state index contributed by atoms with van der Waals surface area (Å²) in [7, 11) is -1.37. The number of carbonyl (C=O) groups is 1. The highest BCUT2D eigenvalue weighted by molar-refractivity contribution is 7.90. The van der Waals surface area contributed by atoms with Crippen LogP contribution in [0.3, 0.4) is 0 Å². The monoisotopic (exact) mass is 253 g/mol. The molecular formula is C9H19NO5S. The van der Waals surface area contributed by atoms with Gasteiger partial charge in [-0.1, -0.05) is 0 Å². The summed E-state index contributed by atoms with van der Waals surface area (Å²) in [6.07, 6.45) is 0. The Morgan fingerprint density at radius 3 is 2.25 bits per heavy atom.